The van der Waals surface area contributed by atoms with Gasteiger partial charge in [-0.3, -0.25) is 4.79 Å². The summed E-state index contributed by atoms with van der Waals surface area (Å²) in [4.78, 5) is 14.1. The Hall–Kier alpha value is -1.50. The molecule has 0 unspecified atom stereocenters. The molecule has 1 aliphatic carbocycles. The number of tetrazole rings is 1. The van der Waals surface area contributed by atoms with Crippen molar-refractivity contribution in [3.05, 3.63) is 6.33 Å². The second-order valence-electron chi connectivity index (χ2n) is 4.76. The molecule has 0 atom stereocenters. The summed E-state index contributed by atoms with van der Waals surface area (Å²) in [5.74, 6) is 0.0743. The lowest BCUT2D eigenvalue weighted by atomic mass is 9.90. The van der Waals surface area contributed by atoms with Gasteiger partial charge in [-0.25, -0.2) is 4.68 Å². The second kappa shape index (κ2) is 5.90. The van der Waals surface area contributed by atoms with Gasteiger partial charge in [-0.2, -0.15) is 0 Å². The highest BCUT2D eigenvalue weighted by molar-refractivity contribution is 5.76. The molecule has 1 fully saturated rings. The molecule has 1 saturated carbocycles. The lowest BCUT2D eigenvalue weighted by Gasteiger charge is -2.35. The predicted molar refractivity (Wildman–Crippen MR) is 65.4 cm³/mol. The van der Waals surface area contributed by atoms with Crippen LogP contribution in [0.2, 0.25) is 0 Å². The maximum absolute atomic E-state index is 12.2. The van der Waals surface area contributed by atoms with E-state index in [1.807, 2.05) is 11.8 Å². The van der Waals surface area contributed by atoms with Crippen molar-refractivity contribution in [1.29, 1.82) is 0 Å². The summed E-state index contributed by atoms with van der Waals surface area (Å²) in [6.07, 6.45) is 5.45. The fraction of sp³-hybridized carbons (Fsp3) is 0.818. The van der Waals surface area contributed by atoms with Gasteiger partial charge in [0.05, 0.1) is 0 Å². The first-order valence-electron chi connectivity index (χ1n) is 6.46. The number of rotatable bonds is 4. The molecule has 2 N–H and O–H groups in total. The van der Waals surface area contributed by atoms with Crippen LogP contribution in [0.1, 0.15) is 32.6 Å². The Labute approximate surface area is 106 Å². The Kier molecular flexibility index (Phi) is 4.24. The van der Waals surface area contributed by atoms with Crippen molar-refractivity contribution in [2.45, 2.75) is 51.2 Å². The van der Waals surface area contributed by atoms with E-state index in [1.54, 1.807) is 0 Å². The average Bonchev–Trinajstić information content (AvgIpc) is 2.85. The summed E-state index contributed by atoms with van der Waals surface area (Å²) in [7, 11) is 0. The summed E-state index contributed by atoms with van der Waals surface area (Å²) in [5.41, 5.74) is 5.89. The normalized spacial score (nSPS) is 23.9. The largest absolute Gasteiger partial charge is 0.338 e. The molecule has 0 saturated heterocycles. The minimum Gasteiger partial charge on any atom is -0.338 e. The zero-order valence-electron chi connectivity index (χ0n) is 10.7. The molecule has 1 heterocycles. The van der Waals surface area contributed by atoms with Crippen LogP contribution in [-0.4, -0.2) is 49.6 Å². The van der Waals surface area contributed by atoms with Crippen LogP contribution in [0, 0.1) is 0 Å². The van der Waals surface area contributed by atoms with E-state index < -0.39 is 0 Å². The summed E-state index contributed by atoms with van der Waals surface area (Å²) >= 11 is 0. The Morgan fingerprint density at radius 2 is 2.17 bits per heavy atom. The molecule has 1 aromatic heterocycles. The zero-order valence-corrected chi connectivity index (χ0v) is 10.7. The van der Waals surface area contributed by atoms with E-state index in [4.69, 9.17) is 5.73 Å². The Bertz CT molecular complexity index is 371. The van der Waals surface area contributed by atoms with E-state index in [9.17, 15) is 4.79 Å². The van der Waals surface area contributed by atoms with Crippen molar-refractivity contribution in [3.63, 3.8) is 0 Å². The molecule has 0 aromatic carbocycles. The Morgan fingerprint density at radius 1 is 1.44 bits per heavy atom. The third-order valence-electron chi connectivity index (χ3n) is 3.53. The van der Waals surface area contributed by atoms with Crippen LogP contribution in [0.5, 0.6) is 0 Å². The van der Waals surface area contributed by atoms with Gasteiger partial charge in [-0.05, 0) is 43.0 Å². The first kappa shape index (κ1) is 12.9. The Morgan fingerprint density at radius 3 is 2.72 bits per heavy atom. The second-order valence-corrected chi connectivity index (χ2v) is 4.76. The highest BCUT2D eigenvalue weighted by Gasteiger charge is 2.26. The van der Waals surface area contributed by atoms with E-state index >= 15 is 0 Å². The van der Waals surface area contributed by atoms with Gasteiger partial charge < -0.3 is 10.6 Å². The van der Waals surface area contributed by atoms with Crippen LogP contribution in [-0.2, 0) is 11.3 Å². The maximum Gasteiger partial charge on any atom is 0.244 e. The molecule has 0 bridgehead atoms. The zero-order chi connectivity index (χ0) is 13.0. The van der Waals surface area contributed by atoms with Crippen LogP contribution < -0.4 is 5.73 Å². The van der Waals surface area contributed by atoms with E-state index in [0.717, 1.165) is 32.2 Å². The van der Waals surface area contributed by atoms with Crippen molar-refractivity contribution in [2.24, 2.45) is 5.73 Å². The third-order valence-corrected chi connectivity index (χ3v) is 3.53. The van der Waals surface area contributed by atoms with Crippen LogP contribution in [0.25, 0.3) is 0 Å². The number of nitrogens with zero attached hydrogens (tertiary/aromatic N) is 5. The number of carbonyl (C=O) groups is 1. The van der Waals surface area contributed by atoms with Gasteiger partial charge in [0, 0.05) is 18.6 Å². The van der Waals surface area contributed by atoms with Crippen molar-refractivity contribution in [1.82, 2.24) is 25.1 Å². The molecule has 1 aliphatic rings. The molecule has 18 heavy (non-hydrogen) atoms. The molecule has 0 aliphatic heterocycles. The van der Waals surface area contributed by atoms with Crippen molar-refractivity contribution < 1.29 is 4.79 Å². The number of nitrogens with two attached hydrogens (primary N) is 1. The lowest BCUT2D eigenvalue weighted by molar-refractivity contribution is -0.134. The smallest absolute Gasteiger partial charge is 0.244 e. The SMILES string of the molecule is CCN(C(=O)Cn1cnnn1)C1CCC(N)CC1. The van der Waals surface area contributed by atoms with Crippen molar-refractivity contribution in [2.75, 3.05) is 6.54 Å². The highest BCUT2D eigenvalue weighted by Crippen LogP contribution is 2.22. The van der Waals surface area contributed by atoms with Crippen LogP contribution in [0.15, 0.2) is 6.33 Å². The van der Waals surface area contributed by atoms with Gasteiger partial charge in [0.1, 0.15) is 12.9 Å². The predicted octanol–water partition coefficient (Wildman–Crippen LogP) is -0.208. The molecule has 1 amide bonds. The van der Waals surface area contributed by atoms with E-state index in [1.165, 1.54) is 11.0 Å². The first-order valence-corrected chi connectivity index (χ1v) is 6.46. The molecule has 0 radical (unpaired) electrons. The van der Waals surface area contributed by atoms with Gasteiger partial charge in [0.2, 0.25) is 5.91 Å². The molecular formula is C11H20N6O. The number of hydrogen-bond donors (Lipinski definition) is 1. The standard InChI is InChI=1S/C11H20N6O/c1-2-17(10-5-3-9(12)4-6-10)11(18)7-16-8-13-14-15-16/h8-10H,2-7,12H2,1H3. The Balaban J connectivity index is 1.93. The fourth-order valence-corrected chi connectivity index (χ4v) is 2.53. The highest BCUT2D eigenvalue weighted by atomic mass is 16.2. The number of amides is 1. The quantitative estimate of drug-likeness (QED) is 0.801. The van der Waals surface area contributed by atoms with Gasteiger partial charge >= 0.3 is 0 Å². The monoisotopic (exact) mass is 252 g/mol. The molecule has 2 rings (SSSR count). The number of carbonyl (C=O) groups excluding carboxylic acids is 1. The van der Waals surface area contributed by atoms with Crippen molar-refractivity contribution >= 4 is 5.91 Å². The van der Waals surface area contributed by atoms with E-state index in [-0.39, 0.29) is 12.5 Å². The molecule has 1 aromatic rings. The molecule has 100 valence electrons. The van der Waals surface area contributed by atoms with Crippen LogP contribution in [0.3, 0.4) is 0 Å². The topological polar surface area (TPSA) is 89.9 Å². The maximum atomic E-state index is 12.2. The summed E-state index contributed by atoms with van der Waals surface area (Å²) in [6, 6.07) is 0.619. The summed E-state index contributed by atoms with van der Waals surface area (Å²) in [6.45, 7) is 2.94. The number of aromatic nitrogens is 4. The van der Waals surface area contributed by atoms with E-state index in [2.05, 4.69) is 15.5 Å². The summed E-state index contributed by atoms with van der Waals surface area (Å²) < 4.78 is 1.46. The molecule has 7 nitrogen and oxygen atoms in total. The molecule has 0 spiro atoms. The van der Waals surface area contributed by atoms with Gasteiger partial charge in [-0.1, -0.05) is 0 Å². The van der Waals surface area contributed by atoms with Gasteiger partial charge in [0.15, 0.2) is 0 Å². The van der Waals surface area contributed by atoms with Gasteiger partial charge in [-0.15, -0.1) is 5.10 Å². The average molecular weight is 252 g/mol. The minimum atomic E-state index is 0.0743. The molecular weight excluding hydrogens is 232 g/mol. The molecule has 7 heteroatoms. The fourth-order valence-electron chi connectivity index (χ4n) is 2.53. The van der Waals surface area contributed by atoms with Crippen LogP contribution >= 0.6 is 0 Å². The van der Waals surface area contributed by atoms with Crippen molar-refractivity contribution in [3.8, 4) is 0 Å². The third kappa shape index (κ3) is 3.04. The number of likely N-dealkylation sites (N-methyl/N-ethyl adjacent to an activating group) is 1. The lowest BCUT2D eigenvalue weighted by Crippen LogP contribution is -2.45. The van der Waals surface area contributed by atoms with Crippen LogP contribution in [0.4, 0.5) is 0 Å². The minimum absolute atomic E-state index is 0.0743. The van der Waals surface area contributed by atoms with E-state index in [0.29, 0.717) is 12.1 Å². The summed E-state index contributed by atoms with van der Waals surface area (Å²) in [5, 5.41) is 10.8. The number of hydrogen-bond acceptors (Lipinski definition) is 5. The first-order chi connectivity index (χ1) is 8.70. The van der Waals surface area contributed by atoms with Gasteiger partial charge in [0.25, 0.3) is 0 Å².